The Bertz CT molecular complexity index is 2620. The van der Waals surface area contributed by atoms with Gasteiger partial charge in [-0.1, -0.05) is 16.3 Å². The third-order valence-electron chi connectivity index (χ3n) is 13.0. The molecule has 2 aliphatic rings. The molecule has 0 radical (unpaired) electrons. The van der Waals surface area contributed by atoms with E-state index >= 15 is 0 Å². The van der Waals surface area contributed by atoms with Crippen molar-refractivity contribution in [2.24, 2.45) is 11.5 Å². The number of ether oxygens (including phenoxy) is 8. The maximum Gasteiger partial charge on any atom is 0.370 e. The lowest BCUT2D eigenvalue weighted by molar-refractivity contribution is -0.159. The van der Waals surface area contributed by atoms with Crippen LogP contribution in [0.15, 0.2) is 36.1 Å². The minimum absolute atomic E-state index is 0.00137. The van der Waals surface area contributed by atoms with Crippen LogP contribution in [-0.4, -0.2) is 285 Å². The van der Waals surface area contributed by atoms with Crippen LogP contribution in [0.2, 0.25) is 0 Å². The van der Waals surface area contributed by atoms with Crippen molar-refractivity contribution in [3.05, 3.63) is 47.5 Å². The molecule has 2 aliphatic heterocycles. The van der Waals surface area contributed by atoms with E-state index in [-0.39, 0.29) is 90.9 Å². The summed E-state index contributed by atoms with van der Waals surface area (Å²) in [5.74, 6) is -6.04. The average molecular weight is 1280 g/mol. The maximum absolute atomic E-state index is 13.7. The summed E-state index contributed by atoms with van der Waals surface area (Å²) in [4.78, 5) is 89.6. The van der Waals surface area contributed by atoms with Gasteiger partial charge in [-0.15, -0.1) is 16.6 Å². The van der Waals surface area contributed by atoms with Crippen LogP contribution in [0.25, 0.3) is 0 Å². The normalized spacial score (nSPS) is 19.1. The molecule has 38 heteroatoms. The Labute approximate surface area is 515 Å². The SMILES string of the molecule is C#CCOCCOCCOCCOCCC(=O)N(CCn1cc(CCNC(=O)CO[C@@H]([C@@H]2OC(C(=O)O)=C[C@H](NC(=N)N)[C@H]2NC(C)=O)[C@H](O)CO)nn1)CCn1cc(CCNC(=O)CO[C@@H]([C@@H]2OC(C(=O)O)=C[C@H](NC(=N)N)[C@H]2NC(C)=O)[C@H](O)CO)nn1. The quantitative estimate of drug-likeness (QED) is 0.0127. The number of hydrogen-bond acceptors (Lipinski definition) is 25. The molecule has 0 aromatic carbocycles. The monoisotopic (exact) mass is 1280 g/mol. The zero-order valence-corrected chi connectivity index (χ0v) is 49.6. The van der Waals surface area contributed by atoms with Gasteiger partial charge in [-0.05, 0) is 12.2 Å². The molecule has 90 heavy (non-hydrogen) atoms. The molecule has 38 nitrogen and oxygen atoms in total. The van der Waals surface area contributed by atoms with E-state index in [1.165, 1.54) is 9.36 Å². The number of rotatable bonds is 43. The topological polar surface area (TPSA) is 551 Å². The fourth-order valence-electron chi connectivity index (χ4n) is 8.89. The first-order valence-electron chi connectivity index (χ1n) is 28.2. The number of aliphatic hydroxyl groups is 4. The molecule has 0 aliphatic carbocycles. The second kappa shape index (κ2) is 39.4. The third kappa shape index (κ3) is 26.2. The van der Waals surface area contributed by atoms with Gasteiger partial charge in [-0.3, -0.25) is 44.2 Å². The van der Waals surface area contributed by atoms with Gasteiger partial charge in [0.05, 0.1) is 115 Å². The number of nitrogens with zero attached hydrogens (tertiary/aromatic N) is 7. The van der Waals surface area contributed by atoms with Crippen molar-refractivity contribution in [1.29, 1.82) is 10.8 Å². The lowest BCUT2D eigenvalue weighted by atomic mass is 9.91. The third-order valence-corrected chi connectivity index (χ3v) is 13.0. The molecule has 18 N–H and O–H groups in total. The Morgan fingerprint density at radius 2 is 1.07 bits per heavy atom. The molecule has 2 aromatic heterocycles. The molecule has 0 unspecified atom stereocenters. The van der Waals surface area contributed by atoms with E-state index in [4.69, 9.17) is 66.6 Å². The smallest absolute Gasteiger partial charge is 0.370 e. The fourth-order valence-corrected chi connectivity index (χ4v) is 8.89. The van der Waals surface area contributed by atoms with Crippen LogP contribution in [0.4, 0.5) is 0 Å². The second-order valence-electron chi connectivity index (χ2n) is 19.9. The number of carbonyl (C=O) groups is 7. The first-order valence-corrected chi connectivity index (χ1v) is 28.2. The van der Waals surface area contributed by atoms with E-state index in [9.17, 15) is 64.2 Å². The Hall–Kier alpha value is -8.65. The predicted octanol–water partition coefficient (Wildman–Crippen LogP) is -8.27. The molecule has 0 saturated carbocycles. The van der Waals surface area contributed by atoms with Gasteiger partial charge in [-0.25, -0.2) is 9.59 Å². The van der Waals surface area contributed by atoms with E-state index in [0.29, 0.717) is 37.8 Å². The van der Waals surface area contributed by atoms with Gasteiger partial charge < -0.3 is 117 Å². The van der Waals surface area contributed by atoms with E-state index in [2.05, 4.69) is 58.4 Å². The highest BCUT2D eigenvalue weighted by molar-refractivity contribution is 5.86. The molecular weight excluding hydrogens is 1200 g/mol. The van der Waals surface area contributed by atoms with Gasteiger partial charge in [0, 0.05) is 65.3 Å². The first kappa shape index (κ1) is 73.8. The van der Waals surface area contributed by atoms with Crippen molar-refractivity contribution in [2.75, 3.05) is 105 Å². The number of guanidine groups is 2. The molecule has 5 amide bonds. The number of carboxylic acid groups (broad SMARTS) is 2. The van der Waals surface area contributed by atoms with Crippen molar-refractivity contribution in [3.63, 3.8) is 0 Å². The number of carbonyl (C=O) groups excluding carboxylic acids is 5. The molecule has 2 aromatic rings. The number of terminal acetylenes is 1. The molecule has 10 atom stereocenters. The first-order chi connectivity index (χ1) is 43.0. The van der Waals surface area contributed by atoms with Crippen LogP contribution in [0, 0.1) is 23.2 Å². The van der Waals surface area contributed by atoms with Gasteiger partial charge >= 0.3 is 11.9 Å². The van der Waals surface area contributed by atoms with Crippen LogP contribution < -0.4 is 43.4 Å². The molecule has 0 saturated heterocycles. The van der Waals surface area contributed by atoms with E-state index < -0.39 is 146 Å². The van der Waals surface area contributed by atoms with Crippen LogP contribution >= 0.6 is 0 Å². The largest absolute Gasteiger partial charge is 0.478 e. The molecular formula is C52H81N17O21. The molecule has 4 heterocycles. The summed E-state index contributed by atoms with van der Waals surface area (Å²) < 4.78 is 47.3. The number of hydrogen-bond donors (Lipinski definition) is 16. The van der Waals surface area contributed by atoms with E-state index in [1.807, 2.05) is 0 Å². The Kier molecular flexibility index (Phi) is 32.3. The van der Waals surface area contributed by atoms with Crippen molar-refractivity contribution in [2.45, 2.75) is 107 Å². The molecule has 0 spiro atoms. The van der Waals surface area contributed by atoms with Crippen molar-refractivity contribution in [3.8, 4) is 12.3 Å². The maximum atomic E-state index is 13.7. The number of amides is 5. The number of carboxylic acids is 2. The van der Waals surface area contributed by atoms with Crippen LogP contribution in [0.3, 0.4) is 0 Å². The van der Waals surface area contributed by atoms with E-state index in [0.717, 1.165) is 26.0 Å². The summed E-state index contributed by atoms with van der Waals surface area (Å²) in [5.41, 5.74) is 11.9. The van der Waals surface area contributed by atoms with Gasteiger partial charge in [0.15, 0.2) is 24.1 Å². The standard InChI is InChI=1S/C52H81N17O21/c1-4-14-83-16-18-85-20-21-86-19-17-84-15-7-42(78)67(10-12-68-24-32(63-65-68)5-8-57-40(76)28-87-45(36(74)26-70)47-43(59-30(2)72)34(61-51(53)54)22-38(89-47)49(79)80)11-13-69-25-33(64-66-69)6-9-58-41(77)29-88-46(37(75)27-71)48-44(60-31(3)73)35(62-52(55)56)23-39(90-48)50(81)82/h1,22-25,34-37,43-48,70-71,74-75H,5-21,26-29H2,2-3H3,(H,57,76)(H,58,77)(H,59,72)(H,60,73)(H,79,80)(H,81,82)(H4,53,54,61)(H4,55,56,62)/t34-,35-,36+,37+,43+,44+,45+,46+,47+,48+/m0/s1. The summed E-state index contributed by atoms with van der Waals surface area (Å²) >= 11 is 0. The summed E-state index contributed by atoms with van der Waals surface area (Å²) in [7, 11) is 0. The highest BCUT2D eigenvalue weighted by Crippen LogP contribution is 2.27. The van der Waals surface area contributed by atoms with Crippen LogP contribution in [0.1, 0.15) is 31.7 Å². The minimum atomic E-state index is -1.74. The minimum Gasteiger partial charge on any atom is -0.478 e. The highest BCUT2D eigenvalue weighted by Gasteiger charge is 2.47. The van der Waals surface area contributed by atoms with Gasteiger partial charge in [-0.2, -0.15) is 0 Å². The highest BCUT2D eigenvalue weighted by atomic mass is 16.6. The summed E-state index contributed by atoms with van der Waals surface area (Å²) in [5, 5.41) is 108. The van der Waals surface area contributed by atoms with E-state index in [1.54, 1.807) is 17.3 Å². The molecule has 0 bridgehead atoms. The number of nitrogens with one attached hydrogen (secondary N) is 8. The molecule has 4 rings (SSSR count). The Morgan fingerprint density at radius 3 is 1.43 bits per heavy atom. The number of aromatic nitrogens is 6. The van der Waals surface area contributed by atoms with Crippen molar-refractivity contribution < 1.29 is 102 Å². The summed E-state index contributed by atoms with van der Waals surface area (Å²) in [6.45, 7) is 1.80. The predicted molar refractivity (Wildman–Crippen MR) is 307 cm³/mol. The summed E-state index contributed by atoms with van der Waals surface area (Å²) in [6, 6.07) is -4.72. The second-order valence-corrected chi connectivity index (χ2v) is 19.9. The number of nitrogens with two attached hydrogens (primary N) is 2. The lowest BCUT2D eigenvalue weighted by Gasteiger charge is -2.41. The van der Waals surface area contributed by atoms with Crippen molar-refractivity contribution in [1.82, 2.24) is 66.8 Å². The fraction of sp³-hybridized carbons (Fsp3) is 0.635. The van der Waals surface area contributed by atoms with Crippen LogP contribution in [-0.2, 0) is 97.4 Å². The Balaban J connectivity index is 1.33. The summed E-state index contributed by atoms with van der Waals surface area (Å²) in [6.07, 6.45) is 1.12. The Morgan fingerprint density at radius 1 is 0.667 bits per heavy atom. The number of aliphatic hydroxyl groups excluding tert-OH is 4. The lowest BCUT2D eigenvalue weighted by Crippen LogP contribution is -2.64. The van der Waals surface area contributed by atoms with Crippen molar-refractivity contribution >= 4 is 53.4 Å². The molecule has 500 valence electrons. The van der Waals surface area contributed by atoms with Gasteiger partial charge in [0.25, 0.3) is 0 Å². The van der Waals surface area contributed by atoms with Gasteiger partial charge in [0.1, 0.15) is 44.2 Å². The zero-order valence-electron chi connectivity index (χ0n) is 49.6. The molecule has 0 fully saturated rings. The zero-order chi connectivity index (χ0) is 66.1. The average Bonchev–Trinajstić information content (AvgIpc) is 1.19. The number of aliphatic carboxylic acids is 2. The van der Waals surface area contributed by atoms with Gasteiger partial charge in [0.2, 0.25) is 41.1 Å². The van der Waals surface area contributed by atoms with Crippen LogP contribution in [0.5, 0.6) is 0 Å².